The highest BCUT2D eigenvalue weighted by Crippen LogP contribution is 2.23. The monoisotopic (exact) mass is 342 g/mol. The van der Waals surface area contributed by atoms with E-state index in [2.05, 4.69) is 25.5 Å². The fraction of sp³-hybridized carbons (Fsp3) is 0.471. The fourth-order valence-electron chi connectivity index (χ4n) is 3.10. The van der Waals surface area contributed by atoms with Crippen LogP contribution in [0.4, 0.5) is 5.82 Å². The Morgan fingerprint density at radius 1 is 1.24 bits per heavy atom. The number of aromatic nitrogens is 4. The van der Waals surface area contributed by atoms with Crippen molar-refractivity contribution in [3.63, 3.8) is 0 Å². The first-order valence-corrected chi connectivity index (χ1v) is 8.49. The van der Waals surface area contributed by atoms with Crippen molar-refractivity contribution in [2.75, 3.05) is 31.1 Å². The second-order valence-electron chi connectivity index (χ2n) is 6.60. The predicted octanol–water partition coefficient (Wildman–Crippen LogP) is 1.09. The van der Waals surface area contributed by atoms with Crippen molar-refractivity contribution in [2.45, 2.75) is 20.0 Å². The van der Waals surface area contributed by atoms with Crippen LogP contribution in [0.25, 0.3) is 5.65 Å². The molecule has 2 N–H and O–H groups in total. The Bertz CT molecular complexity index is 867. The maximum atomic E-state index is 10.1. The molecule has 4 heterocycles. The van der Waals surface area contributed by atoms with Crippen LogP contribution in [0, 0.1) is 19.8 Å². The zero-order valence-electron chi connectivity index (χ0n) is 14.4. The van der Waals surface area contributed by atoms with Crippen LogP contribution in [0.5, 0.6) is 0 Å². The van der Waals surface area contributed by atoms with E-state index in [0.717, 1.165) is 42.7 Å². The number of furan rings is 1. The number of aliphatic hydroxyl groups excluding tert-OH is 1. The van der Waals surface area contributed by atoms with Crippen LogP contribution in [-0.4, -0.2) is 51.1 Å². The molecule has 0 radical (unpaired) electrons. The second kappa shape index (κ2) is 6.45. The van der Waals surface area contributed by atoms with Gasteiger partial charge in [-0.3, -0.25) is 0 Å². The summed E-state index contributed by atoms with van der Waals surface area (Å²) in [7, 11) is 0. The third kappa shape index (κ3) is 3.22. The third-order valence-corrected chi connectivity index (χ3v) is 4.55. The number of hydrogen-bond donors (Lipinski definition) is 2. The summed E-state index contributed by atoms with van der Waals surface area (Å²) in [6.45, 7) is 7.02. The minimum Gasteiger partial charge on any atom is -0.464 e. The summed E-state index contributed by atoms with van der Waals surface area (Å²) in [4.78, 5) is 2.23. The lowest BCUT2D eigenvalue weighted by atomic mass is 10.00. The molecule has 3 aromatic rings. The van der Waals surface area contributed by atoms with Crippen LogP contribution in [0.3, 0.4) is 0 Å². The highest BCUT2D eigenvalue weighted by atomic mass is 16.4. The van der Waals surface area contributed by atoms with Gasteiger partial charge in [-0.05, 0) is 38.1 Å². The lowest BCUT2D eigenvalue weighted by molar-refractivity contribution is 0.144. The van der Waals surface area contributed by atoms with E-state index in [1.807, 2.05) is 38.1 Å². The zero-order chi connectivity index (χ0) is 17.4. The molecule has 0 amide bonds. The Morgan fingerprint density at radius 3 is 2.84 bits per heavy atom. The van der Waals surface area contributed by atoms with E-state index >= 15 is 0 Å². The summed E-state index contributed by atoms with van der Waals surface area (Å²) >= 11 is 0. The first kappa shape index (κ1) is 16.0. The average molecular weight is 342 g/mol. The number of aryl methyl sites for hydroxylation is 2. The third-order valence-electron chi connectivity index (χ3n) is 4.55. The number of hydrogen-bond acceptors (Lipinski definition) is 7. The quantitative estimate of drug-likeness (QED) is 0.693. The Morgan fingerprint density at radius 2 is 2.08 bits per heavy atom. The molecule has 1 fully saturated rings. The number of anilines is 1. The zero-order valence-corrected chi connectivity index (χ0v) is 14.4. The van der Waals surface area contributed by atoms with Gasteiger partial charge in [-0.1, -0.05) is 0 Å². The van der Waals surface area contributed by atoms with E-state index in [-0.39, 0.29) is 0 Å². The molecule has 0 spiro atoms. The van der Waals surface area contributed by atoms with Gasteiger partial charge in [0.05, 0.1) is 0 Å². The van der Waals surface area contributed by atoms with Gasteiger partial charge >= 0.3 is 0 Å². The van der Waals surface area contributed by atoms with Gasteiger partial charge < -0.3 is 19.7 Å². The molecule has 1 unspecified atom stereocenters. The molecular weight excluding hydrogens is 320 g/mol. The normalized spacial score (nSPS) is 16.4. The lowest BCUT2D eigenvalue weighted by Gasteiger charge is -2.40. The molecule has 1 atom stereocenters. The highest BCUT2D eigenvalue weighted by molar-refractivity contribution is 5.47. The van der Waals surface area contributed by atoms with Crippen LogP contribution in [-0.2, 0) is 0 Å². The van der Waals surface area contributed by atoms with Crippen LogP contribution in [0.15, 0.2) is 28.7 Å². The lowest BCUT2D eigenvalue weighted by Crippen LogP contribution is -2.51. The molecule has 3 aromatic heterocycles. The molecule has 1 aliphatic rings. The molecule has 0 bridgehead atoms. The van der Waals surface area contributed by atoms with Crippen molar-refractivity contribution < 1.29 is 9.52 Å². The van der Waals surface area contributed by atoms with Crippen molar-refractivity contribution >= 4 is 11.5 Å². The van der Waals surface area contributed by atoms with Gasteiger partial charge in [0, 0.05) is 32.1 Å². The molecule has 25 heavy (non-hydrogen) atoms. The molecule has 8 heteroatoms. The van der Waals surface area contributed by atoms with Crippen LogP contribution < -0.4 is 10.2 Å². The summed E-state index contributed by atoms with van der Waals surface area (Å²) in [6.07, 6.45) is -0.606. The topological polar surface area (TPSA) is 91.7 Å². The van der Waals surface area contributed by atoms with E-state index < -0.39 is 6.10 Å². The number of aliphatic hydroxyl groups is 1. The van der Waals surface area contributed by atoms with Crippen LogP contribution in [0.1, 0.15) is 23.4 Å². The van der Waals surface area contributed by atoms with Gasteiger partial charge in [0.25, 0.3) is 0 Å². The van der Waals surface area contributed by atoms with Crippen molar-refractivity contribution in [1.82, 2.24) is 25.1 Å². The molecule has 0 aliphatic carbocycles. The van der Waals surface area contributed by atoms with Gasteiger partial charge in [-0.15, -0.1) is 15.3 Å². The molecule has 0 aromatic carbocycles. The molecular formula is C17H22N6O2. The minimum absolute atomic E-state index is 0.494. The number of fused-ring (bicyclic) bond motifs is 1. The molecule has 1 saturated heterocycles. The van der Waals surface area contributed by atoms with Crippen molar-refractivity contribution in [2.24, 2.45) is 5.92 Å². The highest BCUT2D eigenvalue weighted by Gasteiger charge is 2.28. The van der Waals surface area contributed by atoms with Crippen LogP contribution >= 0.6 is 0 Å². The van der Waals surface area contributed by atoms with Crippen molar-refractivity contribution in [3.8, 4) is 0 Å². The standard InChI is InChI=1S/C17H22N6O2/c1-11-3-4-15(25-11)14(24)8-18-7-13-9-22(10-13)17-6-5-16-20-19-12(2)23(16)21-17/h3-6,13-14,18,24H,7-10H2,1-2H3. The van der Waals surface area contributed by atoms with E-state index in [0.29, 0.717) is 18.2 Å². The number of rotatable bonds is 6. The van der Waals surface area contributed by atoms with Gasteiger partial charge in [0.15, 0.2) is 11.5 Å². The Labute approximate surface area is 145 Å². The van der Waals surface area contributed by atoms with E-state index in [9.17, 15) is 5.11 Å². The summed E-state index contributed by atoms with van der Waals surface area (Å²) < 4.78 is 7.20. The number of nitrogens with one attached hydrogen (secondary N) is 1. The predicted molar refractivity (Wildman–Crippen MR) is 92.5 cm³/mol. The minimum atomic E-state index is -0.606. The summed E-state index contributed by atoms with van der Waals surface area (Å²) in [6, 6.07) is 7.61. The van der Waals surface area contributed by atoms with Crippen molar-refractivity contribution in [1.29, 1.82) is 0 Å². The van der Waals surface area contributed by atoms with E-state index in [1.54, 1.807) is 4.52 Å². The first-order valence-electron chi connectivity index (χ1n) is 8.49. The Kier molecular flexibility index (Phi) is 4.14. The molecule has 0 saturated carbocycles. The van der Waals surface area contributed by atoms with Crippen LogP contribution in [0.2, 0.25) is 0 Å². The summed E-state index contributed by atoms with van der Waals surface area (Å²) in [5.74, 6) is 3.71. The van der Waals surface area contributed by atoms with E-state index in [4.69, 9.17) is 4.42 Å². The molecule has 4 rings (SSSR count). The largest absolute Gasteiger partial charge is 0.464 e. The van der Waals surface area contributed by atoms with Gasteiger partial charge in [-0.2, -0.15) is 4.52 Å². The number of nitrogens with zero attached hydrogens (tertiary/aromatic N) is 5. The Balaban J connectivity index is 1.25. The second-order valence-corrected chi connectivity index (χ2v) is 6.60. The van der Waals surface area contributed by atoms with Gasteiger partial charge in [0.1, 0.15) is 23.4 Å². The molecule has 132 valence electrons. The van der Waals surface area contributed by atoms with Gasteiger partial charge in [0.2, 0.25) is 0 Å². The first-order chi connectivity index (χ1) is 12.1. The summed E-state index contributed by atoms with van der Waals surface area (Å²) in [5.41, 5.74) is 0.766. The SMILES string of the molecule is Cc1ccc(C(O)CNCC2CN(c3ccc4nnc(C)n4n3)C2)o1. The maximum absolute atomic E-state index is 10.1. The molecule has 8 nitrogen and oxygen atoms in total. The summed E-state index contributed by atoms with van der Waals surface area (Å²) in [5, 5.41) is 26.1. The smallest absolute Gasteiger partial charge is 0.178 e. The Hall–Kier alpha value is -2.45. The average Bonchev–Trinajstić information content (AvgIpc) is 3.16. The maximum Gasteiger partial charge on any atom is 0.178 e. The van der Waals surface area contributed by atoms with Crippen molar-refractivity contribution in [3.05, 3.63) is 41.6 Å². The fourth-order valence-corrected chi connectivity index (χ4v) is 3.10. The van der Waals surface area contributed by atoms with E-state index in [1.165, 1.54) is 0 Å². The molecule has 1 aliphatic heterocycles. The van der Waals surface area contributed by atoms with Gasteiger partial charge in [-0.25, -0.2) is 0 Å².